The van der Waals surface area contributed by atoms with Gasteiger partial charge in [0.1, 0.15) is 0 Å². The SMILES string of the molecule is C.Cc1nnc(Br)o1.O=C(c1ccc(-n2ncc3c2CCNC3)nc1)N1CCC(F)(F)CC1. The van der Waals surface area contributed by atoms with Crippen molar-refractivity contribution in [2.24, 2.45) is 0 Å². The highest BCUT2D eigenvalue weighted by Crippen LogP contribution is 2.28. The molecule has 5 rings (SSSR count). The number of nitrogens with zero attached hydrogens (tertiary/aromatic N) is 6. The van der Waals surface area contributed by atoms with Crippen LogP contribution in [0, 0.1) is 6.92 Å². The predicted molar refractivity (Wildman–Crippen MR) is 120 cm³/mol. The number of hydrogen-bond acceptors (Lipinski definition) is 7. The monoisotopic (exact) mass is 525 g/mol. The third-order valence-corrected chi connectivity index (χ3v) is 5.63. The molecule has 1 fully saturated rings. The Labute approximate surface area is 198 Å². The van der Waals surface area contributed by atoms with Crippen LogP contribution in [-0.2, 0) is 13.0 Å². The molecular weight excluding hydrogens is 500 g/mol. The van der Waals surface area contributed by atoms with Crippen LogP contribution in [0.15, 0.2) is 33.7 Å². The predicted octanol–water partition coefficient (Wildman–Crippen LogP) is 3.56. The highest BCUT2D eigenvalue weighted by atomic mass is 79.9. The van der Waals surface area contributed by atoms with Crippen molar-refractivity contribution in [2.45, 2.75) is 46.1 Å². The minimum absolute atomic E-state index is 0. The molecule has 2 aliphatic rings. The van der Waals surface area contributed by atoms with Crippen molar-refractivity contribution in [1.29, 1.82) is 0 Å². The number of aromatic nitrogens is 5. The summed E-state index contributed by atoms with van der Waals surface area (Å²) >= 11 is 2.99. The maximum atomic E-state index is 13.2. The van der Waals surface area contributed by atoms with Crippen molar-refractivity contribution in [3.05, 3.63) is 52.0 Å². The van der Waals surface area contributed by atoms with Gasteiger partial charge in [0.15, 0.2) is 5.82 Å². The molecule has 0 atom stereocenters. The van der Waals surface area contributed by atoms with Crippen molar-refractivity contribution in [3.8, 4) is 5.82 Å². The van der Waals surface area contributed by atoms with Gasteiger partial charge in [-0.3, -0.25) is 4.79 Å². The molecular formula is C21H26BrF2N7O2. The molecule has 33 heavy (non-hydrogen) atoms. The van der Waals surface area contributed by atoms with Gasteiger partial charge in [-0.1, -0.05) is 7.43 Å². The average molecular weight is 526 g/mol. The first-order valence-electron chi connectivity index (χ1n) is 10.2. The van der Waals surface area contributed by atoms with Gasteiger partial charge < -0.3 is 14.6 Å². The van der Waals surface area contributed by atoms with E-state index in [0.29, 0.717) is 22.1 Å². The second-order valence-electron chi connectivity index (χ2n) is 7.58. The molecule has 0 spiro atoms. The molecule has 0 unspecified atom stereocenters. The van der Waals surface area contributed by atoms with Crippen molar-refractivity contribution >= 4 is 21.8 Å². The highest BCUT2D eigenvalue weighted by molar-refractivity contribution is 9.10. The van der Waals surface area contributed by atoms with Crippen LogP contribution in [0.5, 0.6) is 0 Å². The molecule has 178 valence electrons. The van der Waals surface area contributed by atoms with Crippen LogP contribution in [0.3, 0.4) is 0 Å². The van der Waals surface area contributed by atoms with Gasteiger partial charge in [0.25, 0.3) is 16.6 Å². The summed E-state index contributed by atoms with van der Waals surface area (Å²) in [5, 5.41) is 14.7. The fourth-order valence-corrected chi connectivity index (χ4v) is 3.89. The first kappa shape index (κ1) is 24.9. The summed E-state index contributed by atoms with van der Waals surface area (Å²) in [7, 11) is 0. The lowest BCUT2D eigenvalue weighted by atomic mass is 10.1. The Hall–Kier alpha value is -2.73. The molecule has 1 saturated heterocycles. The molecule has 0 aromatic carbocycles. The van der Waals surface area contributed by atoms with E-state index in [4.69, 9.17) is 4.42 Å². The molecule has 9 nitrogen and oxygen atoms in total. The zero-order valence-corrected chi connectivity index (χ0v) is 19.0. The van der Waals surface area contributed by atoms with Gasteiger partial charge in [0.05, 0.1) is 17.5 Å². The van der Waals surface area contributed by atoms with Gasteiger partial charge in [-0.2, -0.15) is 5.10 Å². The van der Waals surface area contributed by atoms with E-state index in [1.165, 1.54) is 11.1 Å². The summed E-state index contributed by atoms with van der Waals surface area (Å²) in [6, 6.07) is 3.44. The molecule has 12 heteroatoms. The largest absolute Gasteiger partial charge is 0.416 e. The van der Waals surface area contributed by atoms with E-state index in [9.17, 15) is 13.6 Å². The summed E-state index contributed by atoms with van der Waals surface area (Å²) in [6.07, 6.45) is 3.64. The number of carbonyl (C=O) groups is 1. The Kier molecular flexibility index (Phi) is 7.90. The Morgan fingerprint density at radius 2 is 1.97 bits per heavy atom. The normalized spacial score (nSPS) is 16.8. The molecule has 2 aliphatic heterocycles. The zero-order valence-electron chi connectivity index (χ0n) is 17.4. The molecule has 0 radical (unpaired) electrons. The van der Waals surface area contributed by atoms with Crippen molar-refractivity contribution < 1.29 is 18.0 Å². The fourth-order valence-electron chi connectivity index (χ4n) is 3.58. The average Bonchev–Trinajstić information content (AvgIpc) is 3.39. The second kappa shape index (κ2) is 10.5. The molecule has 3 aromatic heterocycles. The first-order chi connectivity index (χ1) is 15.3. The third kappa shape index (κ3) is 5.99. The molecule has 3 aromatic rings. The standard InChI is InChI=1S/C17H19F2N5O.C3H3BrN2O.CH4/c18-17(19)4-7-23(8-5-17)16(25)12-1-2-15(21-10-12)24-14-3-6-20-9-13(14)11-22-24;1-2-5-6-3(4)7-2;/h1-2,10-11,20H,3-9H2;1H3;1H4. The van der Waals surface area contributed by atoms with Crippen LogP contribution in [0.4, 0.5) is 8.78 Å². The van der Waals surface area contributed by atoms with E-state index < -0.39 is 5.92 Å². The van der Waals surface area contributed by atoms with E-state index in [0.717, 1.165) is 30.8 Å². The number of hydrogen-bond donors (Lipinski definition) is 1. The number of carbonyl (C=O) groups excluding carboxylic acids is 1. The highest BCUT2D eigenvalue weighted by Gasteiger charge is 2.35. The molecule has 0 bridgehead atoms. The maximum Gasteiger partial charge on any atom is 0.284 e. The molecule has 1 amide bonds. The zero-order chi connectivity index (χ0) is 22.7. The number of likely N-dealkylation sites (tertiary alicyclic amines) is 1. The van der Waals surface area contributed by atoms with Gasteiger partial charge in [-0.25, -0.2) is 18.4 Å². The van der Waals surface area contributed by atoms with Crippen LogP contribution in [0.2, 0.25) is 0 Å². The summed E-state index contributed by atoms with van der Waals surface area (Å²) in [5.41, 5.74) is 2.70. The summed E-state index contributed by atoms with van der Waals surface area (Å²) in [4.78, 5) is 18.7. The van der Waals surface area contributed by atoms with Gasteiger partial charge >= 0.3 is 0 Å². The van der Waals surface area contributed by atoms with E-state index in [1.54, 1.807) is 23.7 Å². The molecule has 0 aliphatic carbocycles. The lowest BCUT2D eigenvalue weighted by molar-refractivity contribution is -0.0494. The number of amides is 1. The van der Waals surface area contributed by atoms with Crippen molar-refractivity contribution in [3.63, 3.8) is 0 Å². The summed E-state index contributed by atoms with van der Waals surface area (Å²) in [5.74, 6) is -1.68. The number of rotatable bonds is 2. The van der Waals surface area contributed by atoms with Gasteiger partial charge in [-0.15, -0.1) is 10.2 Å². The van der Waals surface area contributed by atoms with Crippen molar-refractivity contribution in [1.82, 2.24) is 35.2 Å². The van der Waals surface area contributed by atoms with E-state index in [1.807, 2.05) is 6.20 Å². The third-order valence-electron chi connectivity index (χ3n) is 5.30. The fraction of sp³-hybridized carbons (Fsp3) is 0.476. The smallest absolute Gasteiger partial charge is 0.284 e. The number of pyridine rings is 1. The molecule has 0 saturated carbocycles. The second-order valence-corrected chi connectivity index (χ2v) is 8.26. The quantitative estimate of drug-likeness (QED) is 0.545. The Bertz CT molecular complexity index is 1060. The number of halogens is 3. The lowest BCUT2D eigenvalue weighted by Crippen LogP contribution is -2.42. The lowest BCUT2D eigenvalue weighted by Gasteiger charge is -2.31. The summed E-state index contributed by atoms with van der Waals surface area (Å²) < 4.78 is 33.0. The number of alkyl halides is 2. The Morgan fingerprint density at radius 3 is 2.55 bits per heavy atom. The first-order valence-corrected chi connectivity index (χ1v) is 11.0. The molecule has 1 N–H and O–H groups in total. The van der Waals surface area contributed by atoms with Crippen LogP contribution < -0.4 is 5.32 Å². The Balaban J connectivity index is 0.000000330. The van der Waals surface area contributed by atoms with Gasteiger partial charge in [-0.05, 0) is 12.1 Å². The minimum Gasteiger partial charge on any atom is -0.416 e. The Morgan fingerprint density at radius 1 is 1.21 bits per heavy atom. The van der Waals surface area contributed by atoms with E-state index in [2.05, 4.69) is 41.5 Å². The van der Waals surface area contributed by atoms with Crippen molar-refractivity contribution in [2.75, 3.05) is 19.6 Å². The number of piperidine rings is 1. The number of nitrogens with one attached hydrogen (secondary N) is 1. The van der Waals surface area contributed by atoms with Gasteiger partial charge in [0.2, 0.25) is 5.89 Å². The van der Waals surface area contributed by atoms with E-state index in [-0.39, 0.29) is 39.3 Å². The number of aryl methyl sites for hydroxylation is 1. The van der Waals surface area contributed by atoms with Crippen LogP contribution in [-0.4, -0.2) is 61.3 Å². The maximum absolute atomic E-state index is 13.2. The van der Waals surface area contributed by atoms with E-state index >= 15 is 0 Å². The van der Waals surface area contributed by atoms with Crippen LogP contribution >= 0.6 is 15.9 Å². The molecule has 5 heterocycles. The summed E-state index contributed by atoms with van der Waals surface area (Å²) in [6.45, 7) is 3.58. The topological polar surface area (TPSA) is 102 Å². The number of fused-ring (bicyclic) bond motifs is 1. The van der Waals surface area contributed by atoms with Gasteiger partial charge in [0, 0.05) is 80.1 Å². The minimum atomic E-state index is -2.66. The van der Waals surface area contributed by atoms with Crippen LogP contribution in [0.25, 0.3) is 5.82 Å². The van der Waals surface area contributed by atoms with Crippen LogP contribution in [0.1, 0.15) is 47.8 Å².